The first-order valence-electron chi connectivity index (χ1n) is 7.57. The molecule has 0 saturated heterocycles. The van der Waals surface area contributed by atoms with E-state index < -0.39 is 0 Å². The van der Waals surface area contributed by atoms with Crippen molar-refractivity contribution in [2.75, 3.05) is 24.2 Å². The van der Waals surface area contributed by atoms with Crippen molar-refractivity contribution in [2.45, 2.75) is 51.7 Å². The van der Waals surface area contributed by atoms with Crippen LogP contribution in [0.5, 0.6) is 5.75 Å². The van der Waals surface area contributed by atoms with E-state index in [1.54, 1.807) is 0 Å². The molecule has 4 nitrogen and oxygen atoms in total. The van der Waals surface area contributed by atoms with Gasteiger partial charge in [0.05, 0.1) is 24.5 Å². The summed E-state index contributed by atoms with van der Waals surface area (Å²) in [5.41, 5.74) is 7.59. The predicted octanol–water partition coefficient (Wildman–Crippen LogP) is 3.43. The molecule has 1 aromatic carbocycles. The largest absolute Gasteiger partial charge is 0.489 e. The Bertz CT molecular complexity index is 415. The number of ether oxygens (including phenoxy) is 2. The number of nitrogen functional groups attached to an aromatic ring is 1. The molecule has 1 saturated carbocycles. The van der Waals surface area contributed by atoms with Gasteiger partial charge in [-0.25, -0.2) is 0 Å². The third-order valence-electron chi connectivity index (χ3n) is 3.46. The highest BCUT2D eigenvalue weighted by Gasteiger charge is 2.14. The van der Waals surface area contributed by atoms with E-state index in [2.05, 4.69) is 5.32 Å². The summed E-state index contributed by atoms with van der Waals surface area (Å²) in [5, 5.41) is 3.35. The molecule has 1 aliphatic carbocycles. The van der Waals surface area contributed by atoms with Crippen molar-refractivity contribution in [1.82, 2.24) is 0 Å². The van der Waals surface area contributed by atoms with Crippen molar-refractivity contribution in [3.05, 3.63) is 18.2 Å². The first-order valence-corrected chi connectivity index (χ1v) is 7.57. The lowest BCUT2D eigenvalue weighted by Gasteiger charge is -2.15. The molecule has 0 aromatic heterocycles. The summed E-state index contributed by atoms with van der Waals surface area (Å²) >= 11 is 0. The third-order valence-corrected chi connectivity index (χ3v) is 3.46. The van der Waals surface area contributed by atoms with Gasteiger partial charge in [-0.05, 0) is 38.8 Å². The Kier molecular flexibility index (Phi) is 5.53. The number of nitrogens with two attached hydrogens (primary N) is 1. The van der Waals surface area contributed by atoms with Gasteiger partial charge in [0.25, 0.3) is 0 Å². The Hall–Kier alpha value is -1.42. The van der Waals surface area contributed by atoms with Crippen LogP contribution in [0.2, 0.25) is 0 Å². The molecule has 20 heavy (non-hydrogen) atoms. The summed E-state index contributed by atoms with van der Waals surface area (Å²) in [5.74, 6) is 0.738. The average molecular weight is 278 g/mol. The minimum atomic E-state index is 0.123. The number of rotatable bonds is 7. The van der Waals surface area contributed by atoms with Crippen LogP contribution in [0.15, 0.2) is 18.2 Å². The normalized spacial score (nSPS) is 15.8. The van der Waals surface area contributed by atoms with Crippen LogP contribution in [0.3, 0.4) is 0 Å². The van der Waals surface area contributed by atoms with E-state index in [-0.39, 0.29) is 6.10 Å². The second kappa shape index (κ2) is 7.39. The number of anilines is 2. The van der Waals surface area contributed by atoms with Crippen molar-refractivity contribution in [2.24, 2.45) is 0 Å². The van der Waals surface area contributed by atoms with E-state index in [0.717, 1.165) is 24.6 Å². The maximum atomic E-state index is 5.90. The molecule has 2 rings (SSSR count). The zero-order valence-electron chi connectivity index (χ0n) is 12.5. The van der Waals surface area contributed by atoms with E-state index >= 15 is 0 Å². The molecule has 0 radical (unpaired) electrons. The Morgan fingerprint density at radius 1 is 1.30 bits per heavy atom. The second-order valence-corrected chi connectivity index (χ2v) is 5.62. The van der Waals surface area contributed by atoms with Gasteiger partial charge in [0.15, 0.2) is 0 Å². The highest BCUT2D eigenvalue weighted by atomic mass is 16.5. The molecule has 1 aliphatic rings. The summed E-state index contributed by atoms with van der Waals surface area (Å²) in [6, 6.07) is 5.79. The highest BCUT2D eigenvalue weighted by molar-refractivity contribution is 5.61. The van der Waals surface area contributed by atoms with E-state index in [1.807, 2.05) is 32.0 Å². The summed E-state index contributed by atoms with van der Waals surface area (Å²) in [6.45, 7) is 5.54. The lowest BCUT2D eigenvalue weighted by molar-refractivity contribution is 0.0659. The van der Waals surface area contributed by atoms with Crippen LogP contribution in [0.1, 0.15) is 39.5 Å². The number of nitrogens with one attached hydrogen (secondary N) is 1. The SMILES string of the molecule is CC(C)Oc1cc(NCCOC2CCCC2)ccc1N. The first-order chi connectivity index (χ1) is 9.65. The molecule has 0 aliphatic heterocycles. The number of benzene rings is 1. The maximum Gasteiger partial charge on any atom is 0.144 e. The van der Waals surface area contributed by atoms with Crippen molar-refractivity contribution >= 4 is 11.4 Å². The fourth-order valence-electron chi connectivity index (χ4n) is 2.48. The van der Waals surface area contributed by atoms with Crippen LogP contribution in [0.25, 0.3) is 0 Å². The lowest BCUT2D eigenvalue weighted by atomic mass is 10.2. The van der Waals surface area contributed by atoms with Gasteiger partial charge in [-0.2, -0.15) is 0 Å². The second-order valence-electron chi connectivity index (χ2n) is 5.62. The molecule has 0 atom stereocenters. The van der Waals surface area contributed by atoms with Crippen molar-refractivity contribution in [1.29, 1.82) is 0 Å². The van der Waals surface area contributed by atoms with E-state index in [4.69, 9.17) is 15.2 Å². The van der Waals surface area contributed by atoms with Crippen LogP contribution >= 0.6 is 0 Å². The molecule has 0 unspecified atom stereocenters. The van der Waals surface area contributed by atoms with Gasteiger partial charge in [0.2, 0.25) is 0 Å². The molecule has 1 aromatic rings. The van der Waals surface area contributed by atoms with E-state index in [0.29, 0.717) is 11.8 Å². The molecule has 3 N–H and O–H groups in total. The van der Waals surface area contributed by atoms with Crippen LogP contribution < -0.4 is 15.8 Å². The third kappa shape index (κ3) is 4.60. The van der Waals surface area contributed by atoms with Gasteiger partial charge >= 0.3 is 0 Å². The summed E-state index contributed by atoms with van der Waals surface area (Å²) in [4.78, 5) is 0. The van der Waals surface area contributed by atoms with E-state index in [9.17, 15) is 0 Å². The van der Waals surface area contributed by atoms with Crippen molar-refractivity contribution in [3.8, 4) is 5.75 Å². The molecule has 4 heteroatoms. The van der Waals surface area contributed by atoms with Crippen LogP contribution in [-0.2, 0) is 4.74 Å². The van der Waals surface area contributed by atoms with Gasteiger partial charge in [0, 0.05) is 18.3 Å². The minimum absolute atomic E-state index is 0.123. The summed E-state index contributed by atoms with van der Waals surface area (Å²) in [6.07, 6.45) is 5.65. The molecule has 0 bridgehead atoms. The average Bonchev–Trinajstić information content (AvgIpc) is 2.91. The Labute approximate surface area is 121 Å². The zero-order valence-corrected chi connectivity index (χ0v) is 12.5. The molecule has 0 heterocycles. The summed E-state index contributed by atoms with van der Waals surface area (Å²) in [7, 11) is 0. The van der Waals surface area contributed by atoms with Gasteiger partial charge in [-0.1, -0.05) is 12.8 Å². The molecule has 1 fully saturated rings. The zero-order chi connectivity index (χ0) is 14.4. The fourth-order valence-corrected chi connectivity index (χ4v) is 2.48. The Balaban J connectivity index is 1.77. The maximum absolute atomic E-state index is 5.90. The Morgan fingerprint density at radius 2 is 2.05 bits per heavy atom. The fraction of sp³-hybridized carbons (Fsp3) is 0.625. The minimum Gasteiger partial charge on any atom is -0.489 e. The first kappa shape index (κ1) is 15.0. The quantitative estimate of drug-likeness (QED) is 0.592. The van der Waals surface area contributed by atoms with Crippen molar-refractivity contribution in [3.63, 3.8) is 0 Å². The van der Waals surface area contributed by atoms with Crippen LogP contribution in [-0.4, -0.2) is 25.4 Å². The molecular weight excluding hydrogens is 252 g/mol. The van der Waals surface area contributed by atoms with Gasteiger partial charge in [-0.15, -0.1) is 0 Å². The summed E-state index contributed by atoms with van der Waals surface area (Å²) < 4.78 is 11.5. The number of hydrogen-bond donors (Lipinski definition) is 2. The molecule has 0 amide bonds. The van der Waals surface area contributed by atoms with Gasteiger partial charge in [0.1, 0.15) is 5.75 Å². The standard InChI is InChI=1S/C16H26N2O2/c1-12(2)20-16-11-13(7-8-15(16)17)18-9-10-19-14-5-3-4-6-14/h7-8,11-12,14,18H,3-6,9-10,17H2,1-2H3. The van der Waals surface area contributed by atoms with Crippen LogP contribution in [0.4, 0.5) is 11.4 Å². The molecule has 0 spiro atoms. The lowest BCUT2D eigenvalue weighted by Crippen LogP contribution is -2.15. The Morgan fingerprint density at radius 3 is 2.75 bits per heavy atom. The van der Waals surface area contributed by atoms with Crippen molar-refractivity contribution < 1.29 is 9.47 Å². The highest BCUT2D eigenvalue weighted by Crippen LogP contribution is 2.26. The van der Waals surface area contributed by atoms with Gasteiger partial charge in [-0.3, -0.25) is 0 Å². The van der Waals surface area contributed by atoms with Crippen LogP contribution in [0, 0.1) is 0 Å². The monoisotopic (exact) mass is 278 g/mol. The molecular formula is C16H26N2O2. The number of hydrogen-bond acceptors (Lipinski definition) is 4. The predicted molar refractivity (Wildman–Crippen MR) is 83.3 cm³/mol. The van der Waals surface area contributed by atoms with Gasteiger partial charge < -0.3 is 20.5 Å². The van der Waals surface area contributed by atoms with E-state index in [1.165, 1.54) is 25.7 Å². The molecule has 112 valence electrons. The topological polar surface area (TPSA) is 56.5 Å². The smallest absolute Gasteiger partial charge is 0.144 e.